The Kier molecular flexibility index (Phi) is 6.33. The minimum atomic E-state index is 0.0870. The summed E-state index contributed by atoms with van der Waals surface area (Å²) in [7, 11) is 0. The third-order valence-electron chi connectivity index (χ3n) is 5.59. The molecule has 1 saturated carbocycles. The van der Waals surface area contributed by atoms with Gasteiger partial charge >= 0.3 is 0 Å². The second-order valence-electron chi connectivity index (χ2n) is 7.54. The number of halogens is 1. The Bertz CT molecular complexity index is 836. The number of amides is 2. The lowest BCUT2D eigenvalue weighted by Gasteiger charge is -2.35. The molecule has 1 aliphatic heterocycles. The van der Waals surface area contributed by atoms with Crippen molar-refractivity contribution in [2.45, 2.75) is 38.5 Å². The van der Waals surface area contributed by atoms with Crippen molar-refractivity contribution in [3.05, 3.63) is 27.5 Å². The van der Waals surface area contributed by atoms with Crippen molar-refractivity contribution >= 4 is 46.1 Å². The van der Waals surface area contributed by atoms with Gasteiger partial charge in [0.25, 0.3) is 0 Å². The fourth-order valence-electron chi connectivity index (χ4n) is 3.99. The van der Waals surface area contributed by atoms with Gasteiger partial charge in [0.1, 0.15) is 5.01 Å². The molecular weight excluding hydrogens is 414 g/mol. The number of aromatic nitrogens is 1. The minimum Gasteiger partial charge on any atom is -0.339 e. The van der Waals surface area contributed by atoms with Gasteiger partial charge < -0.3 is 9.80 Å². The summed E-state index contributed by atoms with van der Waals surface area (Å²) < 4.78 is 0.739. The fraction of sp³-hybridized carbons (Fsp3) is 0.550. The van der Waals surface area contributed by atoms with E-state index in [-0.39, 0.29) is 11.8 Å². The minimum absolute atomic E-state index is 0.0870. The predicted octanol–water partition coefficient (Wildman–Crippen LogP) is 4.32. The van der Waals surface area contributed by atoms with Crippen molar-refractivity contribution in [1.82, 2.24) is 14.8 Å². The Morgan fingerprint density at radius 3 is 2.39 bits per heavy atom. The van der Waals surface area contributed by atoms with Crippen molar-refractivity contribution in [3.8, 4) is 9.88 Å². The maximum Gasteiger partial charge on any atom is 0.228 e. The van der Waals surface area contributed by atoms with E-state index in [1.54, 1.807) is 11.3 Å². The molecule has 150 valence electrons. The Hall–Kier alpha value is -1.44. The highest BCUT2D eigenvalue weighted by molar-refractivity contribution is 7.23. The van der Waals surface area contributed by atoms with Crippen LogP contribution in [0.1, 0.15) is 37.8 Å². The molecule has 3 heterocycles. The summed E-state index contributed by atoms with van der Waals surface area (Å²) >= 11 is 9.03. The highest BCUT2D eigenvalue weighted by Gasteiger charge is 2.27. The number of hydrogen-bond acceptors (Lipinski definition) is 5. The average Bonchev–Trinajstić information content (AvgIpc) is 3.44. The summed E-state index contributed by atoms with van der Waals surface area (Å²) in [6.45, 7) is 2.53. The van der Waals surface area contributed by atoms with E-state index >= 15 is 0 Å². The lowest BCUT2D eigenvalue weighted by molar-refractivity contribution is -0.139. The fourth-order valence-corrected chi connectivity index (χ4v) is 5.93. The zero-order valence-electron chi connectivity index (χ0n) is 15.7. The molecule has 5 nitrogen and oxygen atoms in total. The molecule has 1 aliphatic carbocycles. The molecule has 28 heavy (non-hydrogen) atoms. The van der Waals surface area contributed by atoms with Crippen LogP contribution in [0.25, 0.3) is 9.88 Å². The topological polar surface area (TPSA) is 53.5 Å². The largest absolute Gasteiger partial charge is 0.339 e. The standard InChI is InChI=1S/C20H24ClN3O2S2/c21-17-6-5-16(28-17)20-22-15(13-27-20)12-19(26)24-9-7-23(8-10-24)18(25)11-14-3-1-2-4-14/h5-6,13-14H,1-4,7-12H2. The summed E-state index contributed by atoms with van der Waals surface area (Å²) in [5.74, 6) is 0.922. The lowest BCUT2D eigenvalue weighted by atomic mass is 10.0. The van der Waals surface area contributed by atoms with Crippen LogP contribution >= 0.6 is 34.3 Å². The van der Waals surface area contributed by atoms with Crippen LogP contribution in [-0.2, 0) is 16.0 Å². The first-order chi connectivity index (χ1) is 13.6. The van der Waals surface area contributed by atoms with Gasteiger partial charge in [-0.2, -0.15) is 0 Å². The van der Waals surface area contributed by atoms with Crippen LogP contribution < -0.4 is 0 Å². The van der Waals surface area contributed by atoms with Crippen molar-refractivity contribution in [1.29, 1.82) is 0 Å². The number of hydrogen-bond donors (Lipinski definition) is 0. The second-order valence-corrected chi connectivity index (χ2v) is 10.1. The van der Waals surface area contributed by atoms with Gasteiger partial charge in [-0.25, -0.2) is 4.98 Å². The maximum absolute atomic E-state index is 12.6. The van der Waals surface area contributed by atoms with Gasteiger partial charge in [-0.1, -0.05) is 24.4 Å². The van der Waals surface area contributed by atoms with E-state index in [2.05, 4.69) is 4.98 Å². The van der Waals surface area contributed by atoms with Gasteiger partial charge in [0.2, 0.25) is 11.8 Å². The summed E-state index contributed by atoms with van der Waals surface area (Å²) in [5, 5.41) is 2.85. The van der Waals surface area contributed by atoms with Crippen LogP contribution in [0.5, 0.6) is 0 Å². The van der Waals surface area contributed by atoms with E-state index < -0.39 is 0 Å². The van der Waals surface area contributed by atoms with Gasteiger partial charge in [-0.15, -0.1) is 22.7 Å². The molecule has 0 aromatic carbocycles. The van der Waals surface area contributed by atoms with Crippen LogP contribution in [0.4, 0.5) is 0 Å². The third kappa shape index (κ3) is 4.75. The second kappa shape index (κ2) is 8.93. The van der Waals surface area contributed by atoms with Gasteiger partial charge in [-0.3, -0.25) is 9.59 Å². The molecule has 0 spiro atoms. The zero-order chi connectivity index (χ0) is 19.5. The predicted molar refractivity (Wildman–Crippen MR) is 114 cm³/mol. The monoisotopic (exact) mass is 437 g/mol. The molecule has 2 fully saturated rings. The van der Waals surface area contributed by atoms with Gasteiger partial charge in [0, 0.05) is 38.0 Å². The van der Waals surface area contributed by atoms with Crippen molar-refractivity contribution < 1.29 is 9.59 Å². The molecular formula is C20H24ClN3O2S2. The highest BCUT2D eigenvalue weighted by atomic mass is 35.5. The molecule has 8 heteroatoms. The van der Waals surface area contributed by atoms with Gasteiger partial charge in [0.15, 0.2) is 0 Å². The summed E-state index contributed by atoms with van der Waals surface area (Å²) in [6, 6.07) is 3.82. The van der Waals surface area contributed by atoms with E-state index in [9.17, 15) is 9.59 Å². The maximum atomic E-state index is 12.6. The molecule has 0 unspecified atom stereocenters. The molecule has 0 radical (unpaired) electrons. The molecule has 2 amide bonds. The number of carbonyl (C=O) groups is 2. The molecule has 1 saturated heterocycles. The Morgan fingerprint density at radius 1 is 1.07 bits per heavy atom. The molecule has 4 rings (SSSR count). The van der Waals surface area contributed by atoms with Gasteiger partial charge in [0.05, 0.1) is 21.3 Å². The Labute approximate surface area is 178 Å². The Morgan fingerprint density at radius 2 is 1.75 bits per heavy atom. The number of nitrogens with zero attached hydrogens (tertiary/aromatic N) is 3. The number of thiophene rings is 1. The Balaban J connectivity index is 1.26. The summed E-state index contributed by atoms with van der Waals surface area (Å²) in [6.07, 6.45) is 5.90. The van der Waals surface area contributed by atoms with E-state index in [0.717, 1.165) is 19.9 Å². The first-order valence-corrected chi connectivity index (χ1v) is 11.9. The normalized spacial score (nSPS) is 18.0. The molecule has 2 aromatic heterocycles. The summed E-state index contributed by atoms with van der Waals surface area (Å²) in [4.78, 5) is 34.5. The number of carbonyl (C=O) groups excluding carboxylic acids is 2. The van der Waals surface area contributed by atoms with Crippen molar-refractivity contribution in [2.75, 3.05) is 26.2 Å². The van der Waals surface area contributed by atoms with Crippen LogP contribution in [0, 0.1) is 5.92 Å². The van der Waals surface area contributed by atoms with E-state index in [0.29, 0.717) is 44.9 Å². The third-order valence-corrected chi connectivity index (χ3v) is 7.88. The van der Waals surface area contributed by atoms with Crippen LogP contribution in [0.3, 0.4) is 0 Å². The summed E-state index contributed by atoms with van der Waals surface area (Å²) in [5.41, 5.74) is 0.800. The molecule has 2 aromatic rings. The number of thiazole rings is 1. The van der Waals surface area contributed by atoms with E-state index in [1.165, 1.54) is 37.0 Å². The number of piperazine rings is 1. The zero-order valence-corrected chi connectivity index (χ0v) is 18.1. The highest BCUT2D eigenvalue weighted by Crippen LogP contribution is 2.33. The SMILES string of the molecule is O=C(Cc1csc(-c2ccc(Cl)s2)n1)N1CCN(C(=O)CC2CCCC2)CC1. The quantitative estimate of drug-likeness (QED) is 0.699. The van der Waals surface area contributed by atoms with Crippen LogP contribution in [0.2, 0.25) is 4.34 Å². The average molecular weight is 438 g/mol. The smallest absolute Gasteiger partial charge is 0.228 e. The van der Waals surface area contributed by atoms with Crippen LogP contribution in [-0.4, -0.2) is 52.8 Å². The first-order valence-electron chi connectivity index (χ1n) is 9.84. The van der Waals surface area contributed by atoms with Crippen molar-refractivity contribution in [3.63, 3.8) is 0 Å². The van der Waals surface area contributed by atoms with E-state index in [1.807, 2.05) is 27.3 Å². The number of rotatable bonds is 5. The lowest BCUT2D eigenvalue weighted by Crippen LogP contribution is -2.51. The molecule has 0 bridgehead atoms. The van der Waals surface area contributed by atoms with Crippen LogP contribution in [0.15, 0.2) is 17.5 Å². The first kappa shape index (κ1) is 19.9. The van der Waals surface area contributed by atoms with E-state index in [4.69, 9.17) is 11.6 Å². The molecule has 0 N–H and O–H groups in total. The molecule has 2 aliphatic rings. The molecule has 0 atom stereocenters. The van der Waals surface area contributed by atoms with Gasteiger partial charge in [-0.05, 0) is 30.9 Å². The van der Waals surface area contributed by atoms with Crippen molar-refractivity contribution in [2.24, 2.45) is 5.92 Å².